The number of hydrogen-bond donors (Lipinski definition) is 1. The molecule has 1 amide bonds. The molecule has 126 valence electrons. The van der Waals surface area contributed by atoms with Gasteiger partial charge in [-0.15, -0.1) is 0 Å². The second kappa shape index (κ2) is 5.24. The molecule has 2 aliphatic heterocycles. The Morgan fingerprint density at radius 1 is 1.32 bits per heavy atom. The number of aryl methyl sites for hydroxylation is 1. The van der Waals surface area contributed by atoms with E-state index in [4.69, 9.17) is 9.47 Å². The van der Waals surface area contributed by atoms with E-state index in [-0.39, 0.29) is 12.1 Å². The van der Waals surface area contributed by atoms with Crippen LogP contribution in [0.4, 0.5) is 4.79 Å². The smallest absolute Gasteiger partial charge is 0.410 e. The van der Waals surface area contributed by atoms with E-state index in [1.54, 1.807) is 11.1 Å². The van der Waals surface area contributed by atoms with Gasteiger partial charge in [-0.25, -0.2) is 9.78 Å². The summed E-state index contributed by atoms with van der Waals surface area (Å²) in [7, 11) is 0. The Kier molecular flexibility index (Phi) is 3.00. The molecule has 1 atom stereocenters. The first kappa shape index (κ1) is 14.3. The fourth-order valence-electron chi connectivity index (χ4n) is 3.70. The number of ether oxygens (including phenoxy) is 2. The highest BCUT2D eigenvalue weighted by atomic mass is 16.6. The molecule has 0 unspecified atom stereocenters. The van der Waals surface area contributed by atoms with E-state index in [0.29, 0.717) is 13.2 Å². The number of rotatable bonds is 2. The van der Waals surface area contributed by atoms with Gasteiger partial charge < -0.3 is 14.5 Å². The molecule has 4 heterocycles. The number of hydrogen-bond acceptors (Lipinski definition) is 4. The molecule has 1 fully saturated rings. The summed E-state index contributed by atoms with van der Waals surface area (Å²) in [6.45, 7) is 3.09. The number of benzene rings is 1. The van der Waals surface area contributed by atoms with E-state index in [1.807, 2.05) is 31.3 Å². The van der Waals surface area contributed by atoms with E-state index >= 15 is 0 Å². The van der Waals surface area contributed by atoms with Crippen LogP contribution in [0, 0.1) is 6.92 Å². The zero-order valence-electron chi connectivity index (χ0n) is 13.8. The highest BCUT2D eigenvalue weighted by Crippen LogP contribution is 2.34. The van der Waals surface area contributed by atoms with E-state index in [2.05, 4.69) is 16.0 Å². The van der Waals surface area contributed by atoms with Crippen molar-refractivity contribution < 1.29 is 14.3 Å². The molecule has 1 aromatic carbocycles. The van der Waals surface area contributed by atoms with Gasteiger partial charge in [0.1, 0.15) is 23.8 Å². The molecule has 6 heteroatoms. The predicted octanol–water partition coefficient (Wildman–Crippen LogP) is 3.54. The number of fused-ring (bicyclic) bond motifs is 3. The summed E-state index contributed by atoms with van der Waals surface area (Å²) in [6, 6.07) is 8.13. The van der Waals surface area contributed by atoms with Crippen molar-refractivity contribution in [3.8, 4) is 11.5 Å². The van der Waals surface area contributed by atoms with Crippen molar-refractivity contribution in [1.29, 1.82) is 0 Å². The molecule has 2 aromatic heterocycles. The van der Waals surface area contributed by atoms with Gasteiger partial charge in [-0.05, 0) is 48.2 Å². The highest BCUT2D eigenvalue weighted by Gasteiger charge is 2.36. The lowest BCUT2D eigenvalue weighted by Crippen LogP contribution is -2.38. The molecule has 0 bridgehead atoms. The van der Waals surface area contributed by atoms with Gasteiger partial charge in [-0.3, -0.25) is 4.90 Å². The summed E-state index contributed by atoms with van der Waals surface area (Å²) in [5, 5.41) is 0.989. The van der Waals surface area contributed by atoms with Gasteiger partial charge in [0.15, 0.2) is 0 Å². The van der Waals surface area contributed by atoms with Crippen LogP contribution in [0.1, 0.15) is 16.7 Å². The fraction of sp³-hybridized carbons (Fsp3) is 0.263. The summed E-state index contributed by atoms with van der Waals surface area (Å²) in [6.07, 6.45) is 4.27. The van der Waals surface area contributed by atoms with Gasteiger partial charge in [0.05, 0.1) is 11.4 Å². The van der Waals surface area contributed by atoms with E-state index in [1.165, 1.54) is 5.56 Å². The van der Waals surface area contributed by atoms with Crippen molar-refractivity contribution in [2.45, 2.75) is 25.9 Å². The van der Waals surface area contributed by atoms with Gasteiger partial charge in [0, 0.05) is 18.9 Å². The largest absolute Gasteiger partial charge is 0.457 e. The molecule has 25 heavy (non-hydrogen) atoms. The number of H-pyrrole nitrogens is 1. The number of carbonyl (C=O) groups excluding carboxylic acids is 1. The average Bonchev–Trinajstić information content (AvgIpc) is 3.17. The lowest BCUT2D eigenvalue weighted by Gasteiger charge is -2.28. The number of nitrogens with zero attached hydrogens (tertiary/aromatic N) is 2. The van der Waals surface area contributed by atoms with Gasteiger partial charge in [0.2, 0.25) is 0 Å². The van der Waals surface area contributed by atoms with Gasteiger partial charge >= 0.3 is 6.09 Å². The summed E-state index contributed by atoms with van der Waals surface area (Å²) >= 11 is 0. The van der Waals surface area contributed by atoms with Crippen molar-refractivity contribution in [2.75, 3.05) is 6.61 Å². The van der Waals surface area contributed by atoms with Crippen molar-refractivity contribution in [3.05, 3.63) is 53.3 Å². The first-order valence-electron chi connectivity index (χ1n) is 8.35. The number of nitrogens with one attached hydrogen (secondary N) is 1. The standard InChI is InChI=1S/C19H17N3O3/c1-11-8-21-18-17(11)16(4-5-20-18)25-15-3-2-12-6-14-10-24-19(23)22(14)9-13(12)7-15/h2-5,7-8,14H,6,9-10H2,1H3,(H,20,21)/t14-/m1/s1. The summed E-state index contributed by atoms with van der Waals surface area (Å²) in [5.41, 5.74) is 4.28. The van der Waals surface area contributed by atoms with Crippen LogP contribution in [0.5, 0.6) is 11.5 Å². The Hall–Kier alpha value is -3.02. The average molecular weight is 335 g/mol. The van der Waals surface area contributed by atoms with Gasteiger partial charge in [-0.2, -0.15) is 0 Å². The normalized spacial score (nSPS) is 18.8. The minimum atomic E-state index is -0.222. The van der Waals surface area contributed by atoms with Crippen molar-refractivity contribution in [3.63, 3.8) is 0 Å². The fourth-order valence-corrected chi connectivity index (χ4v) is 3.70. The predicted molar refractivity (Wildman–Crippen MR) is 91.7 cm³/mol. The zero-order valence-corrected chi connectivity index (χ0v) is 13.8. The minimum Gasteiger partial charge on any atom is -0.457 e. The van der Waals surface area contributed by atoms with E-state index in [0.717, 1.165) is 40.1 Å². The number of aromatic amines is 1. The zero-order chi connectivity index (χ0) is 17.0. The first-order valence-corrected chi connectivity index (χ1v) is 8.35. The molecule has 5 rings (SSSR count). The Bertz CT molecular complexity index is 995. The number of cyclic esters (lactones) is 1. The second-order valence-electron chi connectivity index (χ2n) is 6.60. The molecule has 3 aromatic rings. The van der Waals surface area contributed by atoms with Crippen LogP contribution < -0.4 is 4.74 Å². The number of pyridine rings is 1. The molecule has 0 radical (unpaired) electrons. The molecule has 2 aliphatic rings. The molecule has 0 aliphatic carbocycles. The monoisotopic (exact) mass is 335 g/mol. The van der Waals surface area contributed by atoms with Crippen LogP contribution in [0.25, 0.3) is 11.0 Å². The van der Waals surface area contributed by atoms with Gasteiger partial charge in [-0.1, -0.05) is 6.07 Å². The van der Waals surface area contributed by atoms with E-state index < -0.39 is 0 Å². The highest BCUT2D eigenvalue weighted by molar-refractivity contribution is 5.86. The van der Waals surface area contributed by atoms with Crippen LogP contribution >= 0.6 is 0 Å². The third-order valence-electron chi connectivity index (χ3n) is 5.01. The molecule has 6 nitrogen and oxygen atoms in total. The van der Waals surface area contributed by atoms with Crippen LogP contribution in [0.15, 0.2) is 36.7 Å². The van der Waals surface area contributed by atoms with Crippen molar-refractivity contribution in [2.24, 2.45) is 0 Å². The second-order valence-corrected chi connectivity index (χ2v) is 6.60. The maximum absolute atomic E-state index is 11.8. The molecular formula is C19H17N3O3. The maximum atomic E-state index is 11.8. The first-order chi connectivity index (χ1) is 12.2. The summed E-state index contributed by atoms with van der Waals surface area (Å²) < 4.78 is 11.3. The Balaban J connectivity index is 1.49. The quantitative estimate of drug-likeness (QED) is 0.778. The molecule has 0 spiro atoms. The molecule has 1 N–H and O–H groups in total. The van der Waals surface area contributed by atoms with Crippen LogP contribution in [-0.2, 0) is 17.7 Å². The lowest BCUT2D eigenvalue weighted by atomic mass is 9.95. The third-order valence-corrected chi connectivity index (χ3v) is 5.01. The van der Waals surface area contributed by atoms with Gasteiger partial charge in [0.25, 0.3) is 0 Å². The molecule has 1 saturated heterocycles. The number of carbonyl (C=O) groups is 1. The van der Waals surface area contributed by atoms with Crippen LogP contribution in [-0.4, -0.2) is 33.6 Å². The van der Waals surface area contributed by atoms with Crippen LogP contribution in [0.2, 0.25) is 0 Å². The van der Waals surface area contributed by atoms with Crippen molar-refractivity contribution in [1.82, 2.24) is 14.9 Å². The number of aromatic nitrogens is 2. The molecule has 0 saturated carbocycles. The minimum absolute atomic E-state index is 0.161. The Labute approximate surface area is 144 Å². The maximum Gasteiger partial charge on any atom is 0.410 e. The van der Waals surface area contributed by atoms with Crippen molar-refractivity contribution >= 4 is 17.1 Å². The van der Waals surface area contributed by atoms with E-state index in [9.17, 15) is 4.79 Å². The Morgan fingerprint density at radius 3 is 3.16 bits per heavy atom. The van der Waals surface area contributed by atoms with Crippen LogP contribution in [0.3, 0.4) is 0 Å². The lowest BCUT2D eigenvalue weighted by molar-refractivity contribution is 0.155. The number of amides is 1. The summed E-state index contributed by atoms with van der Waals surface area (Å²) in [5.74, 6) is 1.54. The SMILES string of the molecule is Cc1c[nH]c2nccc(Oc3ccc4c(c3)CN3C(=O)OC[C@H]3C4)c12. The summed E-state index contributed by atoms with van der Waals surface area (Å²) in [4.78, 5) is 21.1. The molecular weight excluding hydrogens is 318 g/mol. The third kappa shape index (κ3) is 2.25. The topological polar surface area (TPSA) is 67.5 Å². The Morgan fingerprint density at radius 2 is 2.24 bits per heavy atom.